The lowest BCUT2D eigenvalue weighted by atomic mass is 9.52. The molecule has 256 valence electrons. The van der Waals surface area contributed by atoms with Gasteiger partial charge in [-0.05, 0) is 107 Å². The molecule has 2 atom stereocenters. The highest BCUT2D eigenvalue weighted by atomic mass is 32.1. The summed E-state index contributed by atoms with van der Waals surface area (Å²) in [7, 11) is 0. The van der Waals surface area contributed by atoms with Crippen molar-refractivity contribution in [2.45, 2.75) is 10.8 Å². The summed E-state index contributed by atoms with van der Waals surface area (Å²) < 4.78 is 0. The normalized spacial score (nSPS) is 18.0. The van der Waals surface area contributed by atoms with Gasteiger partial charge in [0.05, 0.1) is 10.8 Å². The molecule has 3 aliphatic carbocycles. The van der Waals surface area contributed by atoms with Gasteiger partial charge in [0.1, 0.15) is 0 Å². The third kappa shape index (κ3) is 4.01. The molecule has 0 amide bonds. The van der Waals surface area contributed by atoms with E-state index in [2.05, 4.69) is 206 Å². The summed E-state index contributed by atoms with van der Waals surface area (Å²) in [5.74, 6) is 0. The molecule has 1 aromatic heterocycles. The molecule has 0 fully saturated rings. The second kappa shape index (κ2) is 11.5. The number of hydrogen-bond acceptors (Lipinski definition) is 1. The summed E-state index contributed by atoms with van der Waals surface area (Å²) in [4.78, 5) is 2.58. The molecule has 12 rings (SSSR count). The average molecular weight is 715 g/mol. The van der Waals surface area contributed by atoms with E-state index < -0.39 is 10.8 Å². The van der Waals surface area contributed by atoms with E-state index in [1.54, 1.807) is 0 Å². The molecule has 0 saturated carbocycles. The molecule has 1 heterocycles. The smallest absolute Gasteiger partial charge is 0.0720 e. The third-order valence-electron chi connectivity index (χ3n) is 12.6. The second-order valence-electron chi connectivity index (χ2n) is 15.1. The highest BCUT2D eigenvalue weighted by Gasteiger charge is 2.59. The van der Waals surface area contributed by atoms with Crippen molar-refractivity contribution >= 4 is 11.3 Å². The van der Waals surface area contributed by atoms with Crippen molar-refractivity contribution in [2.75, 3.05) is 0 Å². The zero-order valence-electron chi connectivity index (χ0n) is 30.0. The Morgan fingerprint density at radius 1 is 0.273 bits per heavy atom. The topological polar surface area (TPSA) is 0 Å². The molecule has 0 bridgehead atoms. The maximum Gasteiger partial charge on any atom is 0.0720 e. The molecule has 0 aliphatic heterocycles. The molecule has 9 aromatic rings. The lowest BCUT2D eigenvalue weighted by Crippen LogP contribution is -2.43. The Morgan fingerprint density at radius 2 is 0.745 bits per heavy atom. The lowest BCUT2D eigenvalue weighted by Gasteiger charge is -2.48. The van der Waals surface area contributed by atoms with E-state index in [1.807, 2.05) is 11.3 Å². The first-order valence-electron chi connectivity index (χ1n) is 19.2. The summed E-state index contributed by atoms with van der Waals surface area (Å²) in [6.07, 6.45) is 0. The SMILES string of the molecule is c1ccc(-c2ccc(-c3ccc(-c4ccc5c(c4)C4(c6ccccc6-5)c5ccccc5C5(c6ccccc6)c6ccccc6-c6cccc4c65)cc3)s2)cc1. The fourth-order valence-electron chi connectivity index (χ4n) is 10.5. The summed E-state index contributed by atoms with van der Waals surface area (Å²) in [6, 6.07) is 77.6. The average Bonchev–Trinajstić information content (AvgIpc) is 3.96. The minimum absolute atomic E-state index is 0.432. The standard InChI is InChI=1S/C54H34S/c1-3-14-36(15-4-1)50-32-33-51(55-50)37-28-26-35(27-29-37)38-30-31-42-40-18-7-10-22-45(40)54(49(42)34-38)47-24-12-11-23-46(47)53(39-16-5-2-6-17-39)44-21-9-8-19-41(44)43-20-13-25-48(54)52(43)53/h1-34H. The first-order valence-corrected chi connectivity index (χ1v) is 20.0. The van der Waals surface area contributed by atoms with Crippen LogP contribution in [0.3, 0.4) is 0 Å². The van der Waals surface area contributed by atoms with Crippen LogP contribution in [0.1, 0.15) is 44.5 Å². The Morgan fingerprint density at radius 3 is 1.45 bits per heavy atom. The van der Waals surface area contributed by atoms with Crippen LogP contribution < -0.4 is 0 Å². The first kappa shape index (κ1) is 30.9. The molecule has 0 N–H and O–H groups in total. The molecule has 0 nitrogen and oxygen atoms in total. The molecule has 3 aliphatic rings. The molecule has 1 spiro atoms. The van der Waals surface area contributed by atoms with Crippen molar-refractivity contribution in [2.24, 2.45) is 0 Å². The zero-order valence-corrected chi connectivity index (χ0v) is 30.9. The number of fused-ring (bicyclic) bond motifs is 12. The van der Waals surface area contributed by atoms with Crippen molar-refractivity contribution in [3.63, 3.8) is 0 Å². The molecular formula is C54H34S. The van der Waals surface area contributed by atoms with Gasteiger partial charge in [-0.25, -0.2) is 0 Å². The van der Waals surface area contributed by atoms with Crippen LogP contribution >= 0.6 is 11.3 Å². The van der Waals surface area contributed by atoms with Crippen molar-refractivity contribution in [3.05, 3.63) is 251 Å². The van der Waals surface area contributed by atoms with Crippen LogP contribution in [0.15, 0.2) is 206 Å². The fraction of sp³-hybridized carbons (Fsp3) is 0.0370. The van der Waals surface area contributed by atoms with E-state index in [0.717, 1.165) is 0 Å². The van der Waals surface area contributed by atoms with E-state index in [9.17, 15) is 0 Å². The van der Waals surface area contributed by atoms with Gasteiger partial charge in [-0.3, -0.25) is 0 Å². The molecular weight excluding hydrogens is 681 g/mol. The Hall–Kier alpha value is -6.54. The minimum Gasteiger partial charge on any atom is -0.135 e. The van der Waals surface area contributed by atoms with Crippen molar-refractivity contribution < 1.29 is 0 Å². The van der Waals surface area contributed by atoms with Gasteiger partial charge in [0, 0.05) is 9.75 Å². The quantitative estimate of drug-likeness (QED) is 0.170. The second-order valence-corrected chi connectivity index (χ2v) is 16.2. The van der Waals surface area contributed by atoms with E-state index in [-0.39, 0.29) is 0 Å². The number of benzene rings is 8. The third-order valence-corrected chi connectivity index (χ3v) is 13.8. The predicted molar refractivity (Wildman–Crippen MR) is 229 cm³/mol. The maximum atomic E-state index is 2.51. The van der Waals surface area contributed by atoms with E-state index in [4.69, 9.17) is 0 Å². The van der Waals surface area contributed by atoms with Crippen LogP contribution in [0.25, 0.3) is 54.3 Å². The van der Waals surface area contributed by atoms with Crippen LogP contribution in [0.2, 0.25) is 0 Å². The molecule has 55 heavy (non-hydrogen) atoms. The van der Waals surface area contributed by atoms with Gasteiger partial charge in [-0.1, -0.05) is 188 Å². The van der Waals surface area contributed by atoms with Gasteiger partial charge < -0.3 is 0 Å². The monoisotopic (exact) mass is 714 g/mol. The molecule has 8 aromatic carbocycles. The van der Waals surface area contributed by atoms with Gasteiger partial charge in [-0.2, -0.15) is 0 Å². The van der Waals surface area contributed by atoms with E-state index in [1.165, 1.54) is 98.8 Å². The van der Waals surface area contributed by atoms with Crippen LogP contribution in [-0.2, 0) is 10.8 Å². The molecule has 0 radical (unpaired) electrons. The summed E-state index contributed by atoms with van der Waals surface area (Å²) in [6.45, 7) is 0. The van der Waals surface area contributed by atoms with Gasteiger partial charge in [-0.15, -0.1) is 11.3 Å². The highest BCUT2D eigenvalue weighted by molar-refractivity contribution is 7.18. The van der Waals surface area contributed by atoms with Crippen LogP contribution in [0.5, 0.6) is 0 Å². The fourth-order valence-corrected chi connectivity index (χ4v) is 11.5. The zero-order chi connectivity index (χ0) is 36.1. The molecule has 0 saturated heterocycles. The van der Waals surface area contributed by atoms with Gasteiger partial charge >= 0.3 is 0 Å². The van der Waals surface area contributed by atoms with Crippen molar-refractivity contribution in [3.8, 4) is 54.3 Å². The number of thiophene rings is 1. The van der Waals surface area contributed by atoms with Crippen molar-refractivity contribution in [1.29, 1.82) is 0 Å². The number of hydrogen-bond donors (Lipinski definition) is 0. The first-order chi connectivity index (χ1) is 27.3. The Kier molecular flexibility index (Phi) is 6.44. The largest absolute Gasteiger partial charge is 0.135 e. The lowest BCUT2D eigenvalue weighted by molar-refractivity contribution is 0.636. The van der Waals surface area contributed by atoms with E-state index >= 15 is 0 Å². The summed E-state index contributed by atoms with van der Waals surface area (Å²) >= 11 is 1.85. The maximum absolute atomic E-state index is 2.51. The molecule has 2 unspecified atom stereocenters. The summed E-state index contributed by atoms with van der Waals surface area (Å²) in [5, 5.41) is 0. The minimum atomic E-state index is -0.491. The molecule has 1 heteroatoms. The van der Waals surface area contributed by atoms with Gasteiger partial charge in [0.15, 0.2) is 0 Å². The van der Waals surface area contributed by atoms with Gasteiger partial charge in [0.25, 0.3) is 0 Å². The Balaban J connectivity index is 1.09. The summed E-state index contributed by atoms with van der Waals surface area (Å²) in [5.41, 5.74) is 20.3. The Bertz CT molecular complexity index is 2970. The number of rotatable bonds is 4. The highest BCUT2D eigenvalue weighted by Crippen LogP contribution is 2.68. The van der Waals surface area contributed by atoms with Crippen LogP contribution in [-0.4, -0.2) is 0 Å². The van der Waals surface area contributed by atoms with Gasteiger partial charge in [0.2, 0.25) is 0 Å². The van der Waals surface area contributed by atoms with Crippen LogP contribution in [0.4, 0.5) is 0 Å². The Labute approximate surface area is 325 Å². The van der Waals surface area contributed by atoms with Crippen molar-refractivity contribution in [1.82, 2.24) is 0 Å². The van der Waals surface area contributed by atoms with Crippen LogP contribution in [0, 0.1) is 0 Å². The predicted octanol–water partition coefficient (Wildman–Crippen LogP) is 13.8. The van der Waals surface area contributed by atoms with E-state index in [0.29, 0.717) is 0 Å².